The summed E-state index contributed by atoms with van der Waals surface area (Å²) < 4.78 is 30.0. The van der Waals surface area contributed by atoms with Crippen molar-refractivity contribution in [1.82, 2.24) is 0 Å². The summed E-state index contributed by atoms with van der Waals surface area (Å²) in [6.45, 7) is 2.60. The monoisotopic (exact) mass is 395 g/mol. The third kappa shape index (κ3) is 3.79. The van der Waals surface area contributed by atoms with E-state index < -0.39 is 6.10 Å². The molecule has 1 atom stereocenters. The van der Waals surface area contributed by atoms with Crippen molar-refractivity contribution in [3.63, 3.8) is 0 Å². The Morgan fingerprint density at radius 1 is 1.21 bits per heavy atom. The van der Waals surface area contributed by atoms with Crippen LogP contribution in [0.15, 0.2) is 40.9 Å². The van der Waals surface area contributed by atoms with E-state index in [1.54, 1.807) is 25.1 Å². The van der Waals surface area contributed by atoms with E-state index in [2.05, 4.69) is 21.2 Å². The first-order chi connectivity index (χ1) is 11.5. The van der Waals surface area contributed by atoms with Gasteiger partial charge in [0.2, 0.25) is 0 Å². The predicted molar refractivity (Wildman–Crippen MR) is 90.3 cm³/mol. The molecule has 5 nitrogen and oxygen atoms in total. The van der Waals surface area contributed by atoms with Crippen molar-refractivity contribution in [2.24, 2.45) is 0 Å². The van der Waals surface area contributed by atoms with Crippen LogP contribution in [0.3, 0.4) is 0 Å². The minimum absolute atomic E-state index is 0.331. The fourth-order valence-corrected chi connectivity index (χ4v) is 2.62. The Morgan fingerprint density at radius 3 is 2.71 bits per heavy atom. The number of carbonyl (C=O) groups excluding carboxylic acids is 1. The van der Waals surface area contributed by atoms with Crippen molar-refractivity contribution in [2.75, 3.05) is 18.5 Å². The predicted octanol–water partition coefficient (Wildman–Crippen LogP) is 3.77. The molecule has 0 fully saturated rings. The van der Waals surface area contributed by atoms with Gasteiger partial charge in [0.05, 0.1) is 4.47 Å². The Morgan fingerprint density at radius 2 is 1.96 bits per heavy atom. The van der Waals surface area contributed by atoms with Crippen LogP contribution in [0.5, 0.6) is 17.2 Å². The van der Waals surface area contributed by atoms with E-state index in [1.165, 1.54) is 18.2 Å². The number of halogens is 2. The summed E-state index contributed by atoms with van der Waals surface area (Å²) in [5.41, 5.74) is 0.581. The van der Waals surface area contributed by atoms with Crippen LogP contribution in [0.25, 0.3) is 0 Å². The molecule has 0 bridgehead atoms. The lowest BCUT2D eigenvalue weighted by Crippen LogP contribution is -2.30. The molecule has 2 aromatic rings. The highest BCUT2D eigenvalue weighted by Gasteiger charge is 2.18. The minimum Gasteiger partial charge on any atom is -0.486 e. The molecule has 24 heavy (non-hydrogen) atoms. The fraction of sp³-hybridized carbons (Fsp3) is 0.235. The van der Waals surface area contributed by atoms with Crippen molar-refractivity contribution in [3.05, 3.63) is 46.7 Å². The first-order valence-corrected chi connectivity index (χ1v) is 8.14. The van der Waals surface area contributed by atoms with Crippen LogP contribution in [0, 0.1) is 5.82 Å². The van der Waals surface area contributed by atoms with E-state index in [-0.39, 0.29) is 11.7 Å². The maximum Gasteiger partial charge on any atom is 0.265 e. The Balaban J connectivity index is 1.65. The Hall–Kier alpha value is -2.28. The summed E-state index contributed by atoms with van der Waals surface area (Å²) in [4.78, 5) is 12.3. The molecule has 126 valence electrons. The second kappa shape index (κ2) is 7.09. The van der Waals surface area contributed by atoms with Gasteiger partial charge in [-0.15, -0.1) is 0 Å². The summed E-state index contributed by atoms with van der Waals surface area (Å²) in [6, 6.07) is 9.19. The van der Waals surface area contributed by atoms with Crippen LogP contribution in [0.2, 0.25) is 0 Å². The molecule has 0 aromatic heterocycles. The van der Waals surface area contributed by atoms with Crippen LogP contribution in [-0.2, 0) is 4.79 Å². The number of hydrogen-bond donors (Lipinski definition) is 1. The molecule has 0 spiro atoms. The summed E-state index contributed by atoms with van der Waals surface area (Å²) in [5.74, 6) is 0.916. The van der Waals surface area contributed by atoms with E-state index in [1.807, 2.05) is 0 Å². The summed E-state index contributed by atoms with van der Waals surface area (Å²) in [6.07, 6.45) is -0.764. The maximum atomic E-state index is 13.1. The van der Waals surface area contributed by atoms with Gasteiger partial charge < -0.3 is 19.5 Å². The zero-order valence-corrected chi connectivity index (χ0v) is 14.4. The number of carbonyl (C=O) groups is 1. The number of rotatable bonds is 4. The molecule has 1 N–H and O–H groups in total. The third-order valence-corrected chi connectivity index (χ3v) is 4.00. The number of nitrogens with one attached hydrogen (secondary N) is 1. The van der Waals surface area contributed by atoms with Gasteiger partial charge in [-0.3, -0.25) is 4.79 Å². The zero-order valence-electron chi connectivity index (χ0n) is 12.8. The SMILES string of the molecule is C[C@H](Oc1ccc(F)cc1Br)C(=O)Nc1ccc2c(c1)OCCO2. The van der Waals surface area contributed by atoms with Gasteiger partial charge in [0.15, 0.2) is 17.6 Å². The zero-order chi connectivity index (χ0) is 17.1. The second-order valence-electron chi connectivity index (χ2n) is 5.18. The molecule has 0 radical (unpaired) electrons. The largest absolute Gasteiger partial charge is 0.486 e. The molecule has 1 heterocycles. The molecular formula is C17H15BrFNO4. The van der Waals surface area contributed by atoms with Crippen LogP contribution in [-0.4, -0.2) is 25.2 Å². The van der Waals surface area contributed by atoms with Gasteiger partial charge in [-0.05, 0) is 53.2 Å². The molecule has 1 aliphatic rings. The summed E-state index contributed by atoms with van der Waals surface area (Å²) >= 11 is 3.21. The van der Waals surface area contributed by atoms with E-state index in [9.17, 15) is 9.18 Å². The Labute approximate surface area is 146 Å². The Bertz CT molecular complexity index is 768. The molecule has 0 saturated heterocycles. The van der Waals surface area contributed by atoms with Gasteiger partial charge in [0.25, 0.3) is 5.91 Å². The topological polar surface area (TPSA) is 56.8 Å². The summed E-state index contributed by atoms with van der Waals surface area (Å²) in [7, 11) is 0. The van der Waals surface area contributed by atoms with Gasteiger partial charge in [0.1, 0.15) is 24.8 Å². The lowest BCUT2D eigenvalue weighted by molar-refractivity contribution is -0.122. The first-order valence-electron chi connectivity index (χ1n) is 7.35. The molecular weight excluding hydrogens is 381 g/mol. The third-order valence-electron chi connectivity index (χ3n) is 3.38. The molecule has 2 aromatic carbocycles. The van der Waals surface area contributed by atoms with Crippen LogP contribution in [0.4, 0.5) is 10.1 Å². The average molecular weight is 396 g/mol. The van der Waals surface area contributed by atoms with Gasteiger partial charge in [-0.1, -0.05) is 0 Å². The normalized spacial score (nSPS) is 14.0. The molecule has 1 aliphatic heterocycles. The highest BCUT2D eigenvalue weighted by Crippen LogP contribution is 2.32. The first kappa shape index (κ1) is 16.6. The van der Waals surface area contributed by atoms with Gasteiger partial charge >= 0.3 is 0 Å². The van der Waals surface area contributed by atoms with Crippen molar-refractivity contribution >= 4 is 27.5 Å². The number of ether oxygens (including phenoxy) is 3. The molecule has 3 rings (SSSR count). The number of anilines is 1. The van der Waals surface area contributed by atoms with Gasteiger partial charge in [-0.25, -0.2) is 4.39 Å². The van der Waals surface area contributed by atoms with Crippen molar-refractivity contribution < 1.29 is 23.4 Å². The lowest BCUT2D eigenvalue weighted by Gasteiger charge is -2.20. The smallest absolute Gasteiger partial charge is 0.265 e. The van der Waals surface area contributed by atoms with Gasteiger partial charge in [-0.2, -0.15) is 0 Å². The number of fused-ring (bicyclic) bond motifs is 1. The molecule has 1 amide bonds. The number of hydrogen-bond acceptors (Lipinski definition) is 4. The maximum absolute atomic E-state index is 13.1. The van der Waals surface area contributed by atoms with Crippen LogP contribution >= 0.6 is 15.9 Å². The van der Waals surface area contributed by atoms with E-state index in [4.69, 9.17) is 14.2 Å². The van der Waals surface area contributed by atoms with Crippen LogP contribution < -0.4 is 19.5 Å². The van der Waals surface area contributed by atoms with E-state index in [0.29, 0.717) is 40.6 Å². The highest BCUT2D eigenvalue weighted by atomic mass is 79.9. The number of benzene rings is 2. The molecule has 0 saturated carbocycles. The average Bonchev–Trinajstić information content (AvgIpc) is 2.57. The second-order valence-corrected chi connectivity index (χ2v) is 6.04. The quantitative estimate of drug-likeness (QED) is 0.855. The summed E-state index contributed by atoms with van der Waals surface area (Å²) in [5, 5.41) is 2.75. The standard InChI is InChI=1S/C17H15BrFNO4/c1-10(24-14-4-2-11(19)8-13(14)18)17(21)20-12-3-5-15-16(9-12)23-7-6-22-15/h2-5,8-10H,6-7H2,1H3,(H,20,21)/t10-/m0/s1. The lowest BCUT2D eigenvalue weighted by atomic mass is 10.2. The molecule has 7 heteroatoms. The highest BCUT2D eigenvalue weighted by molar-refractivity contribution is 9.10. The fourth-order valence-electron chi connectivity index (χ4n) is 2.18. The van der Waals surface area contributed by atoms with Crippen LogP contribution in [0.1, 0.15) is 6.92 Å². The minimum atomic E-state index is -0.764. The molecule has 0 aliphatic carbocycles. The molecule has 0 unspecified atom stereocenters. The van der Waals surface area contributed by atoms with Crippen molar-refractivity contribution in [1.29, 1.82) is 0 Å². The number of amides is 1. The van der Waals surface area contributed by atoms with E-state index in [0.717, 1.165) is 0 Å². The van der Waals surface area contributed by atoms with Crippen molar-refractivity contribution in [3.8, 4) is 17.2 Å². The van der Waals surface area contributed by atoms with Crippen molar-refractivity contribution in [2.45, 2.75) is 13.0 Å². The van der Waals surface area contributed by atoms with Gasteiger partial charge in [0, 0.05) is 11.8 Å². The van der Waals surface area contributed by atoms with E-state index >= 15 is 0 Å². The Kier molecular flexibility index (Phi) is 4.89.